The number of benzene rings is 3. The summed E-state index contributed by atoms with van der Waals surface area (Å²) in [7, 11) is 1.96. The van der Waals surface area contributed by atoms with Gasteiger partial charge in [0, 0.05) is 60.1 Å². The largest absolute Gasteiger partial charge is 0.494 e. The molecule has 7 rings (SSSR count). The van der Waals surface area contributed by atoms with Crippen molar-refractivity contribution in [3.8, 4) is 16.9 Å². The summed E-state index contributed by atoms with van der Waals surface area (Å²) in [5.74, 6) is 1.59. The minimum Gasteiger partial charge on any atom is -0.494 e. The van der Waals surface area contributed by atoms with Gasteiger partial charge in [0.15, 0.2) is 0 Å². The van der Waals surface area contributed by atoms with Crippen LogP contribution >= 0.6 is 11.6 Å². The Bertz CT molecular complexity index is 2190. The maximum absolute atomic E-state index is 14.1. The molecular weight excluding hydrogens is 644 g/mol. The molecule has 4 heterocycles. The lowest BCUT2D eigenvalue weighted by molar-refractivity contribution is 0.0945. The van der Waals surface area contributed by atoms with Crippen LogP contribution in [0.5, 0.6) is 5.75 Å². The first-order valence-electron chi connectivity index (χ1n) is 17.3. The van der Waals surface area contributed by atoms with E-state index in [9.17, 15) is 4.79 Å². The number of para-hydroxylation sites is 1. The van der Waals surface area contributed by atoms with Crippen molar-refractivity contribution in [2.45, 2.75) is 60.0 Å². The van der Waals surface area contributed by atoms with E-state index >= 15 is 0 Å². The Kier molecular flexibility index (Phi) is 9.38. The van der Waals surface area contributed by atoms with Gasteiger partial charge in [-0.15, -0.1) is 0 Å². The van der Waals surface area contributed by atoms with Gasteiger partial charge in [0.1, 0.15) is 17.3 Å². The van der Waals surface area contributed by atoms with Crippen molar-refractivity contribution in [1.29, 1.82) is 0 Å². The summed E-state index contributed by atoms with van der Waals surface area (Å²) >= 11 is 6.38. The van der Waals surface area contributed by atoms with Crippen molar-refractivity contribution in [3.05, 3.63) is 128 Å². The van der Waals surface area contributed by atoms with Gasteiger partial charge in [-0.25, -0.2) is 4.98 Å². The Morgan fingerprint density at radius 3 is 2.54 bits per heavy atom. The smallest absolute Gasteiger partial charge is 0.268 e. The van der Waals surface area contributed by atoms with Crippen LogP contribution in [-0.4, -0.2) is 38.8 Å². The summed E-state index contributed by atoms with van der Waals surface area (Å²) in [4.78, 5) is 24.6. The van der Waals surface area contributed by atoms with Crippen LogP contribution in [-0.2, 0) is 33.0 Å². The second-order valence-corrected chi connectivity index (χ2v) is 13.7. The third-order valence-electron chi connectivity index (χ3n) is 9.91. The fourth-order valence-corrected chi connectivity index (χ4v) is 7.34. The molecule has 0 atom stereocenters. The number of aromatic amines is 1. The molecule has 0 aliphatic carbocycles. The van der Waals surface area contributed by atoms with Gasteiger partial charge in [0.2, 0.25) is 0 Å². The highest BCUT2D eigenvalue weighted by Crippen LogP contribution is 2.36. The predicted octanol–water partition coefficient (Wildman–Crippen LogP) is 8.35. The van der Waals surface area contributed by atoms with E-state index in [2.05, 4.69) is 80.7 Å². The van der Waals surface area contributed by atoms with Gasteiger partial charge < -0.3 is 19.9 Å². The van der Waals surface area contributed by atoms with Gasteiger partial charge in [-0.3, -0.25) is 9.48 Å². The molecule has 6 aromatic rings. The number of rotatable bonds is 10. The molecule has 2 N–H and O–H groups in total. The van der Waals surface area contributed by atoms with Gasteiger partial charge in [0.05, 0.1) is 17.8 Å². The monoisotopic (exact) mass is 686 g/mol. The van der Waals surface area contributed by atoms with Crippen LogP contribution in [0, 0.1) is 27.7 Å². The summed E-state index contributed by atoms with van der Waals surface area (Å²) < 4.78 is 8.06. The van der Waals surface area contributed by atoms with E-state index in [-0.39, 0.29) is 5.91 Å². The van der Waals surface area contributed by atoms with E-state index in [1.54, 1.807) is 0 Å². The first-order valence-corrected chi connectivity index (χ1v) is 17.6. The average molecular weight is 687 g/mol. The van der Waals surface area contributed by atoms with Crippen molar-refractivity contribution in [1.82, 2.24) is 25.1 Å². The van der Waals surface area contributed by atoms with Crippen LogP contribution < -0.4 is 15.0 Å². The number of carbonyl (C=O) groups excluding carboxylic acids is 1. The molecule has 1 aliphatic heterocycles. The quantitative estimate of drug-likeness (QED) is 0.142. The number of hydrogen-bond acceptors (Lipinski definition) is 5. The second-order valence-electron chi connectivity index (χ2n) is 13.3. The highest BCUT2D eigenvalue weighted by atomic mass is 35.5. The molecule has 0 fully saturated rings. The Balaban J connectivity index is 1.13. The summed E-state index contributed by atoms with van der Waals surface area (Å²) in [5, 5.41) is 9.67. The average Bonchev–Trinajstić information content (AvgIpc) is 3.62. The zero-order chi connectivity index (χ0) is 34.9. The summed E-state index contributed by atoms with van der Waals surface area (Å²) in [6.45, 7) is 10.7. The molecule has 9 heteroatoms. The van der Waals surface area contributed by atoms with Crippen LogP contribution in [0.2, 0.25) is 5.02 Å². The SMILES string of the molecule is Cc1cc(OCCCc2c(C(=O)NCc3ccnc(N4CCc5ccccc5C4)c3)[nH]c3c(-c4c(C)nn(C)c4C)cccc23)cc(C)c1Cl. The van der Waals surface area contributed by atoms with Crippen LogP contribution in [0.3, 0.4) is 0 Å². The Labute approximate surface area is 298 Å². The van der Waals surface area contributed by atoms with Crippen molar-refractivity contribution in [3.63, 3.8) is 0 Å². The molecule has 3 aromatic carbocycles. The second kappa shape index (κ2) is 14.0. The standard InChI is InChI=1S/C41H43ClN6O2/c1-25-20-32(21-26(2)38(25)42)50-19-9-14-34-33-12-8-13-35(37-27(3)46-47(5)28(37)4)39(33)45-40(34)41(49)44-23-29-15-17-43-36(22-29)48-18-16-30-10-6-7-11-31(30)24-48/h6-8,10-13,15,17,20-22,45H,9,14,16,18-19,23-24H2,1-5H3,(H,44,49). The fraction of sp³-hybridized carbons (Fsp3) is 0.293. The third kappa shape index (κ3) is 6.60. The Morgan fingerprint density at radius 1 is 1.00 bits per heavy atom. The first-order chi connectivity index (χ1) is 24.2. The summed E-state index contributed by atoms with van der Waals surface area (Å²) in [6.07, 6.45) is 4.22. The predicted molar refractivity (Wildman–Crippen MR) is 201 cm³/mol. The Hall–Kier alpha value is -5.08. The minimum atomic E-state index is -0.142. The van der Waals surface area contributed by atoms with Gasteiger partial charge in [-0.2, -0.15) is 5.10 Å². The number of aromatic nitrogens is 4. The number of fused-ring (bicyclic) bond motifs is 2. The van der Waals surface area contributed by atoms with Crippen molar-refractivity contribution < 1.29 is 9.53 Å². The zero-order valence-electron chi connectivity index (χ0n) is 29.4. The molecule has 1 amide bonds. The Morgan fingerprint density at radius 2 is 1.78 bits per heavy atom. The minimum absolute atomic E-state index is 0.142. The number of aryl methyl sites for hydroxylation is 5. The van der Waals surface area contributed by atoms with Gasteiger partial charge >= 0.3 is 0 Å². The molecular formula is C41H43ClN6O2. The van der Waals surface area contributed by atoms with Crippen molar-refractivity contribution in [2.75, 3.05) is 18.1 Å². The lowest BCUT2D eigenvalue weighted by Gasteiger charge is -2.30. The van der Waals surface area contributed by atoms with Crippen LogP contribution in [0.15, 0.2) is 72.9 Å². The molecule has 0 bridgehead atoms. The van der Waals surface area contributed by atoms with E-state index in [0.717, 1.165) is 98.2 Å². The normalized spacial score (nSPS) is 12.7. The van der Waals surface area contributed by atoms with E-state index in [1.807, 2.05) is 56.9 Å². The number of hydrogen-bond donors (Lipinski definition) is 2. The van der Waals surface area contributed by atoms with Crippen LogP contribution in [0.4, 0.5) is 5.82 Å². The highest BCUT2D eigenvalue weighted by molar-refractivity contribution is 6.32. The van der Waals surface area contributed by atoms with Gasteiger partial charge in [-0.05, 0) is 105 Å². The molecule has 0 spiro atoms. The number of pyridine rings is 1. The van der Waals surface area contributed by atoms with E-state index in [1.165, 1.54) is 11.1 Å². The summed E-state index contributed by atoms with van der Waals surface area (Å²) in [6, 6.07) is 22.9. The number of halogens is 1. The number of carbonyl (C=O) groups is 1. The topological polar surface area (TPSA) is 88.1 Å². The van der Waals surface area contributed by atoms with Gasteiger partial charge in [0.25, 0.3) is 5.91 Å². The molecule has 1 aliphatic rings. The summed E-state index contributed by atoms with van der Waals surface area (Å²) in [5.41, 5.74) is 12.4. The number of ether oxygens (including phenoxy) is 1. The number of H-pyrrole nitrogens is 1. The highest BCUT2D eigenvalue weighted by Gasteiger charge is 2.23. The molecule has 0 saturated carbocycles. The first kappa shape index (κ1) is 33.4. The van der Waals surface area contributed by atoms with E-state index < -0.39 is 0 Å². The third-order valence-corrected chi connectivity index (χ3v) is 10.5. The van der Waals surface area contributed by atoms with Crippen molar-refractivity contribution >= 4 is 34.2 Å². The maximum atomic E-state index is 14.1. The molecule has 50 heavy (non-hydrogen) atoms. The fourth-order valence-electron chi connectivity index (χ4n) is 7.23. The van der Waals surface area contributed by atoms with Crippen LogP contribution in [0.1, 0.15) is 61.7 Å². The maximum Gasteiger partial charge on any atom is 0.268 e. The molecule has 256 valence electrons. The van der Waals surface area contributed by atoms with Crippen molar-refractivity contribution in [2.24, 2.45) is 7.05 Å². The molecule has 0 saturated heterocycles. The van der Waals surface area contributed by atoms with E-state index in [4.69, 9.17) is 16.3 Å². The number of nitrogens with one attached hydrogen (secondary N) is 2. The zero-order valence-corrected chi connectivity index (χ0v) is 30.1. The lowest BCUT2D eigenvalue weighted by Crippen LogP contribution is -2.31. The lowest BCUT2D eigenvalue weighted by atomic mass is 9.98. The van der Waals surface area contributed by atoms with Crippen LogP contribution in [0.25, 0.3) is 22.0 Å². The molecule has 8 nitrogen and oxygen atoms in total. The molecule has 0 unspecified atom stereocenters. The number of amides is 1. The van der Waals surface area contributed by atoms with Gasteiger partial charge in [-0.1, -0.05) is 54.1 Å². The van der Waals surface area contributed by atoms with E-state index in [0.29, 0.717) is 25.3 Å². The number of anilines is 1. The molecule has 3 aromatic heterocycles. The number of nitrogens with zero attached hydrogens (tertiary/aromatic N) is 4. The molecule has 0 radical (unpaired) electrons.